The minimum Gasteiger partial charge on any atom is -0.333 e. The number of amides is 2. The van der Waals surface area contributed by atoms with Gasteiger partial charge in [-0.05, 0) is 52.8 Å². The Bertz CT molecular complexity index is 1190. The van der Waals surface area contributed by atoms with Gasteiger partial charge >= 0.3 is 6.03 Å². The molecule has 1 aromatic heterocycles. The number of nitrogens with zero attached hydrogens (tertiary/aromatic N) is 2. The fraction of sp³-hybridized carbons (Fsp3) is 0.318. The molecule has 0 atom stereocenters. The quantitative estimate of drug-likeness (QED) is 0.554. The number of para-hydroxylation sites is 1. The van der Waals surface area contributed by atoms with Crippen LogP contribution in [-0.2, 0) is 16.6 Å². The summed E-state index contributed by atoms with van der Waals surface area (Å²) in [5, 5.41) is 3.31. The highest BCUT2D eigenvalue weighted by atomic mass is 35.5. The first-order valence-electron chi connectivity index (χ1n) is 9.92. The molecule has 7 nitrogen and oxygen atoms in total. The summed E-state index contributed by atoms with van der Waals surface area (Å²) in [4.78, 5) is 20.6. The van der Waals surface area contributed by atoms with Gasteiger partial charge in [0.25, 0.3) is 10.0 Å². The summed E-state index contributed by atoms with van der Waals surface area (Å²) >= 11 is 6.29. The number of aromatic nitrogens is 2. The van der Waals surface area contributed by atoms with Gasteiger partial charge < -0.3 is 5.32 Å². The smallest absolute Gasteiger partial charge is 0.328 e. The van der Waals surface area contributed by atoms with E-state index in [0.29, 0.717) is 10.5 Å². The standard InChI is InChI=1S/C22H25ClN4O3S/c1-13(2)16-10-15(23)11-17(14(3)4)18(16)12-26-22(28)27-31(29,30)20-7-5-6-19-21(20)25-9-8-24-19/h5-11,13-14H,12H2,1-4H3,(H2,26,27,28). The number of carbonyl (C=O) groups excluding carboxylic acids is 1. The molecule has 0 unspecified atom stereocenters. The van der Waals surface area contributed by atoms with E-state index in [9.17, 15) is 13.2 Å². The fourth-order valence-electron chi connectivity index (χ4n) is 3.48. The molecule has 3 rings (SSSR count). The first-order valence-corrected chi connectivity index (χ1v) is 11.8. The van der Waals surface area contributed by atoms with E-state index in [1.807, 2.05) is 39.8 Å². The van der Waals surface area contributed by atoms with Crippen molar-refractivity contribution >= 4 is 38.7 Å². The van der Waals surface area contributed by atoms with Crippen molar-refractivity contribution in [2.24, 2.45) is 0 Å². The maximum Gasteiger partial charge on any atom is 0.328 e. The molecule has 0 saturated carbocycles. The van der Waals surface area contributed by atoms with Gasteiger partial charge in [-0.3, -0.25) is 9.97 Å². The molecule has 0 aliphatic rings. The highest BCUT2D eigenvalue weighted by molar-refractivity contribution is 7.90. The Kier molecular flexibility index (Phi) is 6.81. The van der Waals surface area contributed by atoms with Crippen LogP contribution in [0.1, 0.15) is 56.2 Å². The summed E-state index contributed by atoms with van der Waals surface area (Å²) in [6.07, 6.45) is 2.88. The van der Waals surface area contributed by atoms with E-state index < -0.39 is 16.1 Å². The Hall–Kier alpha value is -2.71. The van der Waals surface area contributed by atoms with Gasteiger partial charge in [0.1, 0.15) is 10.4 Å². The molecule has 9 heteroatoms. The van der Waals surface area contributed by atoms with Crippen molar-refractivity contribution in [1.29, 1.82) is 0 Å². The highest BCUT2D eigenvalue weighted by Gasteiger charge is 2.22. The van der Waals surface area contributed by atoms with Crippen LogP contribution in [-0.4, -0.2) is 24.4 Å². The monoisotopic (exact) mass is 460 g/mol. The van der Waals surface area contributed by atoms with E-state index in [1.54, 1.807) is 12.1 Å². The zero-order valence-corrected chi connectivity index (χ0v) is 19.4. The molecule has 164 valence electrons. The number of rotatable bonds is 6. The van der Waals surface area contributed by atoms with Crippen LogP contribution in [0, 0.1) is 0 Å². The van der Waals surface area contributed by atoms with Crippen LogP contribution >= 0.6 is 11.6 Å². The predicted octanol–water partition coefficient (Wildman–Crippen LogP) is 4.72. The third kappa shape index (κ3) is 5.14. The van der Waals surface area contributed by atoms with Gasteiger partial charge in [-0.25, -0.2) is 17.9 Å². The Morgan fingerprint density at radius 3 is 2.26 bits per heavy atom. The molecule has 0 aliphatic carbocycles. The summed E-state index contributed by atoms with van der Waals surface area (Å²) < 4.78 is 27.7. The lowest BCUT2D eigenvalue weighted by molar-refractivity contribution is 0.245. The number of sulfonamides is 1. The maximum absolute atomic E-state index is 12.8. The second-order valence-electron chi connectivity index (χ2n) is 7.84. The second kappa shape index (κ2) is 9.20. The highest BCUT2D eigenvalue weighted by Crippen LogP contribution is 2.31. The van der Waals surface area contributed by atoms with Crippen LogP contribution in [0.3, 0.4) is 0 Å². The minimum atomic E-state index is -4.14. The number of hydrogen-bond acceptors (Lipinski definition) is 5. The lowest BCUT2D eigenvalue weighted by Gasteiger charge is -2.21. The number of benzene rings is 2. The maximum atomic E-state index is 12.8. The van der Waals surface area contributed by atoms with Crippen molar-refractivity contribution in [1.82, 2.24) is 20.0 Å². The molecular weight excluding hydrogens is 436 g/mol. The summed E-state index contributed by atoms with van der Waals surface area (Å²) in [7, 11) is -4.14. The summed E-state index contributed by atoms with van der Waals surface area (Å²) in [6.45, 7) is 8.36. The van der Waals surface area contributed by atoms with E-state index in [2.05, 4.69) is 20.0 Å². The Morgan fingerprint density at radius 2 is 1.65 bits per heavy atom. The van der Waals surface area contributed by atoms with E-state index >= 15 is 0 Å². The van der Waals surface area contributed by atoms with Crippen molar-refractivity contribution in [3.05, 3.63) is 64.4 Å². The van der Waals surface area contributed by atoms with Gasteiger partial charge in [-0.1, -0.05) is 45.4 Å². The SMILES string of the molecule is CC(C)c1cc(Cl)cc(C(C)C)c1CNC(=O)NS(=O)(=O)c1cccc2nccnc12. The summed E-state index contributed by atoms with van der Waals surface area (Å²) in [6, 6.07) is 7.56. The lowest BCUT2D eigenvalue weighted by atomic mass is 9.88. The zero-order chi connectivity index (χ0) is 22.8. The molecule has 0 fully saturated rings. The average Bonchev–Trinajstić information content (AvgIpc) is 2.71. The fourth-order valence-corrected chi connectivity index (χ4v) is 4.81. The van der Waals surface area contributed by atoms with Crippen molar-refractivity contribution in [3.8, 4) is 0 Å². The van der Waals surface area contributed by atoms with Crippen molar-refractivity contribution in [2.45, 2.75) is 51.0 Å². The van der Waals surface area contributed by atoms with Gasteiger partial charge in [0, 0.05) is 24.0 Å². The number of carbonyl (C=O) groups is 1. The van der Waals surface area contributed by atoms with Gasteiger partial charge in [-0.15, -0.1) is 0 Å². The van der Waals surface area contributed by atoms with Crippen molar-refractivity contribution in [3.63, 3.8) is 0 Å². The molecule has 0 bridgehead atoms. The number of fused-ring (bicyclic) bond motifs is 1. The first-order chi connectivity index (χ1) is 14.6. The van der Waals surface area contributed by atoms with E-state index in [4.69, 9.17) is 11.6 Å². The molecule has 2 aromatic carbocycles. The van der Waals surface area contributed by atoms with Crippen LogP contribution in [0.4, 0.5) is 4.79 Å². The average molecular weight is 461 g/mol. The summed E-state index contributed by atoms with van der Waals surface area (Å²) in [5.74, 6) is 0.378. The van der Waals surface area contributed by atoms with E-state index in [1.165, 1.54) is 18.5 Å². The second-order valence-corrected chi connectivity index (χ2v) is 9.93. The molecule has 0 aliphatic heterocycles. The Morgan fingerprint density at radius 1 is 1.03 bits per heavy atom. The first kappa shape index (κ1) is 23.0. The van der Waals surface area contributed by atoms with E-state index in [0.717, 1.165) is 16.7 Å². The molecule has 3 aromatic rings. The Balaban J connectivity index is 1.83. The van der Waals surface area contributed by atoms with E-state index in [-0.39, 0.29) is 28.8 Å². The number of urea groups is 1. The third-order valence-electron chi connectivity index (χ3n) is 4.93. The van der Waals surface area contributed by atoms with Crippen molar-refractivity contribution in [2.75, 3.05) is 0 Å². The molecule has 31 heavy (non-hydrogen) atoms. The number of nitrogens with one attached hydrogen (secondary N) is 2. The minimum absolute atomic E-state index is 0.106. The molecule has 1 heterocycles. The van der Waals surface area contributed by atoms with Gasteiger partial charge in [0.15, 0.2) is 0 Å². The van der Waals surface area contributed by atoms with Crippen LogP contribution in [0.15, 0.2) is 47.6 Å². The number of hydrogen-bond donors (Lipinski definition) is 2. The largest absolute Gasteiger partial charge is 0.333 e. The third-order valence-corrected chi connectivity index (χ3v) is 6.51. The van der Waals surface area contributed by atoms with Crippen LogP contribution in [0.5, 0.6) is 0 Å². The van der Waals surface area contributed by atoms with Crippen molar-refractivity contribution < 1.29 is 13.2 Å². The molecule has 2 N–H and O–H groups in total. The van der Waals surface area contributed by atoms with Gasteiger partial charge in [0.05, 0.1) is 5.52 Å². The topological polar surface area (TPSA) is 101 Å². The summed E-state index contributed by atoms with van der Waals surface area (Å²) in [5.41, 5.74) is 3.60. The molecule has 2 amide bonds. The normalized spacial score (nSPS) is 11.8. The van der Waals surface area contributed by atoms with Crippen LogP contribution in [0.25, 0.3) is 11.0 Å². The predicted molar refractivity (Wildman–Crippen MR) is 122 cm³/mol. The Labute approximate surface area is 187 Å². The zero-order valence-electron chi connectivity index (χ0n) is 17.8. The molecule has 0 radical (unpaired) electrons. The van der Waals surface area contributed by atoms with Gasteiger partial charge in [0.2, 0.25) is 0 Å². The van der Waals surface area contributed by atoms with Crippen LogP contribution < -0.4 is 10.0 Å². The molecule has 0 spiro atoms. The number of halogens is 1. The lowest BCUT2D eigenvalue weighted by Crippen LogP contribution is -2.39. The molecule has 0 saturated heterocycles. The molecular formula is C22H25ClN4O3S. The van der Waals surface area contributed by atoms with Gasteiger partial charge in [-0.2, -0.15) is 0 Å². The van der Waals surface area contributed by atoms with Crippen LogP contribution in [0.2, 0.25) is 5.02 Å².